The number of likely N-dealkylation sites (N-methyl/N-ethyl adjacent to an activating group) is 1. The summed E-state index contributed by atoms with van der Waals surface area (Å²) in [7, 11) is 2.12. The molecule has 2 heteroatoms. The second kappa shape index (κ2) is 10.6. The molecular weight excluding hydrogens is 258 g/mol. The first-order chi connectivity index (χ1) is 10.4. The first-order valence-electron chi connectivity index (χ1n) is 9.69. The van der Waals surface area contributed by atoms with Crippen LogP contribution in [0.1, 0.15) is 89.9 Å². The number of nitrogens with one attached hydrogen (secondary N) is 1. The summed E-state index contributed by atoms with van der Waals surface area (Å²) in [5, 5.41) is 3.55. The molecule has 2 fully saturated rings. The second-order valence-electron chi connectivity index (χ2n) is 7.30. The lowest BCUT2D eigenvalue weighted by Crippen LogP contribution is -2.40. The van der Waals surface area contributed by atoms with Gasteiger partial charge in [0.2, 0.25) is 0 Å². The first-order valence-corrected chi connectivity index (χ1v) is 9.69. The molecule has 21 heavy (non-hydrogen) atoms. The Kier molecular flexibility index (Phi) is 8.73. The standard InChI is InChI=1S/C19H37NO/c1-20-18-13-8-6-4-2-3-5-7-9-14-19(18)21-16-15-17-11-10-12-17/h17-20H,2-16H2,1H3. The molecule has 2 aliphatic carbocycles. The number of ether oxygens (including phenoxy) is 1. The van der Waals surface area contributed by atoms with Crippen LogP contribution in [0, 0.1) is 5.92 Å². The number of hydrogen-bond donors (Lipinski definition) is 1. The van der Waals surface area contributed by atoms with Crippen LogP contribution in [0.4, 0.5) is 0 Å². The Morgan fingerprint density at radius 2 is 1.38 bits per heavy atom. The van der Waals surface area contributed by atoms with Crippen molar-refractivity contribution in [3.05, 3.63) is 0 Å². The number of hydrogen-bond acceptors (Lipinski definition) is 2. The van der Waals surface area contributed by atoms with E-state index in [1.807, 2.05) is 0 Å². The van der Waals surface area contributed by atoms with Crippen molar-refractivity contribution in [2.75, 3.05) is 13.7 Å². The van der Waals surface area contributed by atoms with Crippen LogP contribution in [0.15, 0.2) is 0 Å². The molecule has 124 valence electrons. The molecule has 0 spiro atoms. The zero-order valence-corrected chi connectivity index (χ0v) is 14.2. The molecule has 0 saturated heterocycles. The molecule has 0 amide bonds. The van der Waals surface area contributed by atoms with Crippen molar-refractivity contribution >= 4 is 0 Å². The van der Waals surface area contributed by atoms with E-state index in [1.54, 1.807) is 0 Å². The Morgan fingerprint density at radius 1 is 0.762 bits per heavy atom. The molecule has 0 aromatic heterocycles. The van der Waals surface area contributed by atoms with E-state index in [0.717, 1.165) is 12.5 Å². The first kappa shape index (κ1) is 17.3. The van der Waals surface area contributed by atoms with E-state index in [4.69, 9.17) is 4.74 Å². The van der Waals surface area contributed by atoms with Crippen molar-refractivity contribution in [1.29, 1.82) is 0 Å². The molecule has 0 aliphatic heterocycles. The van der Waals surface area contributed by atoms with Crippen LogP contribution in [0.25, 0.3) is 0 Å². The third kappa shape index (κ3) is 6.69. The summed E-state index contributed by atoms with van der Waals surface area (Å²) in [6.45, 7) is 0.994. The highest BCUT2D eigenvalue weighted by Gasteiger charge is 2.22. The van der Waals surface area contributed by atoms with E-state index < -0.39 is 0 Å². The average molecular weight is 296 g/mol. The summed E-state index contributed by atoms with van der Waals surface area (Å²) in [6, 6.07) is 0.575. The van der Waals surface area contributed by atoms with Gasteiger partial charge in [0, 0.05) is 12.6 Å². The van der Waals surface area contributed by atoms with Gasteiger partial charge in [-0.2, -0.15) is 0 Å². The van der Waals surface area contributed by atoms with E-state index in [-0.39, 0.29) is 0 Å². The Morgan fingerprint density at radius 3 is 1.95 bits per heavy atom. The highest BCUT2D eigenvalue weighted by atomic mass is 16.5. The van der Waals surface area contributed by atoms with Gasteiger partial charge < -0.3 is 10.1 Å². The summed E-state index contributed by atoms with van der Waals surface area (Å²) in [6.07, 6.45) is 20.0. The predicted molar refractivity (Wildman–Crippen MR) is 90.7 cm³/mol. The summed E-state index contributed by atoms with van der Waals surface area (Å²) >= 11 is 0. The SMILES string of the molecule is CNC1CCCCCCCCCCC1OCCC1CCC1. The fraction of sp³-hybridized carbons (Fsp3) is 1.00. The van der Waals surface area contributed by atoms with Crippen molar-refractivity contribution in [1.82, 2.24) is 5.32 Å². The largest absolute Gasteiger partial charge is 0.377 e. The van der Waals surface area contributed by atoms with Gasteiger partial charge in [0.15, 0.2) is 0 Å². The van der Waals surface area contributed by atoms with Gasteiger partial charge in [-0.3, -0.25) is 0 Å². The minimum absolute atomic E-state index is 0.453. The molecule has 0 radical (unpaired) electrons. The predicted octanol–water partition coefficient (Wildman–Crippen LogP) is 5.06. The maximum absolute atomic E-state index is 6.33. The van der Waals surface area contributed by atoms with E-state index >= 15 is 0 Å². The quantitative estimate of drug-likeness (QED) is 0.765. The minimum Gasteiger partial charge on any atom is -0.377 e. The van der Waals surface area contributed by atoms with Gasteiger partial charge in [-0.05, 0) is 32.2 Å². The van der Waals surface area contributed by atoms with Crippen LogP contribution in [-0.4, -0.2) is 25.8 Å². The lowest BCUT2D eigenvalue weighted by molar-refractivity contribution is 0.00686. The zero-order chi connectivity index (χ0) is 14.8. The monoisotopic (exact) mass is 295 g/mol. The smallest absolute Gasteiger partial charge is 0.0727 e. The maximum atomic E-state index is 6.33. The molecule has 0 aromatic carbocycles. The Labute approximate surface area is 132 Å². The Hall–Kier alpha value is -0.0800. The van der Waals surface area contributed by atoms with Gasteiger partial charge in [-0.1, -0.05) is 70.6 Å². The highest BCUT2D eigenvalue weighted by molar-refractivity contribution is 4.77. The van der Waals surface area contributed by atoms with Gasteiger partial charge in [0.25, 0.3) is 0 Å². The second-order valence-corrected chi connectivity index (χ2v) is 7.30. The van der Waals surface area contributed by atoms with Crippen LogP contribution in [0.3, 0.4) is 0 Å². The van der Waals surface area contributed by atoms with E-state index in [0.29, 0.717) is 12.1 Å². The minimum atomic E-state index is 0.453. The normalized spacial score (nSPS) is 30.1. The zero-order valence-electron chi connectivity index (χ0n) is 14.2. The van der Waals surface area contributed by atoms with E-state index in [9.17, 15) is 0 Å². The molecule has 2 aliphatic rings. The summed E-state index contributed by atoms with van der Waals surface area (Å²) < 4.78 is 6.33. The third-order valence-corrected chi connectivity index (χ3v) is 5.66. The van der Waals surface area contributed by atoms with E-state index in [1.165, 1.54) is 89.9 Å². The molecule has 0 bridgehead atoms. The van der Waals surface area contributed by atoms with Crippen LogP contribution in [0.5, 0.6) is 0 Å². The van der Waals surface area contributed by atoms with Crippen molar-refractivity contribution in [3.8, 4) is 0 Å². The van der Waals surface area contributed by atoms with Crippen LogP contribution in [0.2, 0.25) is 0 Å². The fourth-order valence-corrected chi connectivity index (χ4v) is 3.85. The molecule has 2 atom stereocenters. The topological polar surface area (TPSA) is 21.3 Å². The number of rotatable bonds is 5. The molecule has 2 saturated carbocycles. The molecule has 2 nitrogen and oxygen atoms in total. The van der Waals surface area contributed by atoms with Crippen LogP contribution >= 0.6 is 0 Å². The Bertz CT molecular complexity index is 252. The molecular formula is C19H37NO. The Balaban J connectivity index is 1.74. The third-order valence-electron chi connectivity index (χ3n) is 5.66. The van der Waals surface area contributed by atoms with Crippen molar-refractivity contribution < 1.29 is 4.74 Å². The van der Waals surface area contributed by atoms with Gasteiger partial charge in [-0.25, -0.2) is 0 Å². The average Bonchev–Trinajstić information content (AvgIpc) is 2.44. The van der Waals surface area contributed by atoms with Crippen molar-refractivity contribution in [2.24, 2.45) is 5.92 Å². The van der Waals surface area contributed by atoms with Crippen molar-refractivity contribution in [2.45, 2.75) is 102 Å². The molecule has 0 aromatic rings. The van der Waals surface area contributed by atoms with Crippen molar-refractivity contribution in [3.63, 3.8) is 0 Å². The molecule has 2 unspecified atom stereocenters. The van der Waals surface area contributed by atoms with Crippen LogP contribution < -0.4 is 5.32 Å². The molecule has 0 heterocycles. The summed E-state index contributed by atoms with van der Waals surface area (Å²) in [5.74, 6) is 0.976. The summed E-state index contributed by atoms with van der Waals surface area (Å²) in [4.78, 5) is 0. The van der Waals surface area contributed by atoms with Gasteiger partial charge in [0.05, 0.1) is 6.10 Å². The lowest BCUT2D eigenvalue weighted by atomic mass is 9.83. The maximum Gasteiger partial charge on any atom is 0.0727 e. The lowest BCUT2D eigenvalue weighted by Gasteiger charge is -2.30. The van der Waals surface area contributed by atoms with Crippen LogP contribution in [-0.2, 0) is 4.74 Å². The molecule has 2 rings (SSSR count). The fourth-order valence-electron chi connectivity index (χ4n) is 3.85. The van der Waals surface area contributed by atoms with Gasteiger partial charge in [0.1, 0.15) is 0 Å². The van der Waals surface area contributed by atoms with E-state index in [2.05, 4.69) is 12.4 Å². The van der Waals surface area contributed by atoms with Gasteiger partial charge >= 0.3 is 0 Å². The molecule has 1 N–H and O–H groups in total. The highest BCUT2D eigenvalue weighted by Crippen LogP contribution is 2.29. The summed E-state index contributed by atoms with van der Waals surface area (Å²) in [5.41, 5.74) is 0. The van der Waals surface area contributed by atoms with Gasteiger partial charge in [-0.15, -0.1) is 0 Å².